The zero-order valence-electron chi connectivity index (χ0n) is 33.1. The number of amides is 2. The van der Waals surface area contributed by atoms with Crippen LogP contribution >= 0.6 is 0 Å². The van der Waals surface area contributed by atoms with Crippen molar-refractivity contribution >= 4 is 33.4 Å². The average Bonchev–Trinajstić information content (AvgIpc) is 3.22. The van der Waals surface area contributed by atoms with Gasteiger partial charge >= 0.3 is 0 Å². The standard InChI is InChI=1S/C23H33N3O2.C22H31N3O2/c1-2-3-9-20-17-26(14-13-25(20)16-19(24)12-15-27)23(28)22-11-6-8-18-7-4-5-10-21(18)22;1-2-3-9-19-15-25(13-12-24(19)14-18(23)16-26)22(27)21-11-6-8-17-7-4-5-10-20(17)21/h4-8,10-11,19-20,27H,2-3,9,12-17,24H2,1H3;4-8,10-11,18-19,26H,2-3,9,12-16,23H2,1H3. The molecule has 0 aromatic heterocycles. The molecular weight excluding hydrogens is 689 g/mol. The zero-order chi connectivity index (χ0) is 39.2. The van der Waals surface area contributed by atoms with Gasteiger partial charge in [-0.15, -0.1) is 0 Å². The number of carbonyl (C=O) groups excluding carboxylic acids is 2. The Hall–Kier alpha value is -3.90. The second kappa shape index (κ2) is 21.4. The highest BCUT2D eigenvalue weighted by Gasteiger charge is 2.32. The number of hydrogen-bond donors (Lipinski definition) is 4. The third-order valence-corrected chi connectivity index (χ3v) is 11.3. The summed E-state index contributed by atoms with van der Waals surface area (Å²) in [6.07, 6.45) is 7.29. The van der Waals surface area contributed by atoms with Crippen molar-refractivity contribution in [3.63, 3.8) is 0 Å². The lowest BCUT2D eigenvalue weighted by atomic mass is 10.0. The molecule has 0 radical (unpaired) electrons. The molecule has 55 heavy (non-hydrogen) atoms. The molecule has 2 aliphatic heterocycles. The van der Waals surface area contributed by atoms with Crippen LogP contribution in [0, 0.1) is 0 Å². The second-order valence-corrected chi connectivity index (χ2v) is 15.4. The SMILES string of the molecule is CCCCC1CN(C(=O)c2cccc3ccccc23)CCN1CC(N)CCO.CCCCC1CN(C(=O)c2cccc3ccccc23)CCN1CC(N)CO. The first-order valence-electron chi connectivity index (χ1n) is 20.5. The van der Waals surface area contributed by atoms with Gasteiger partial charge in [0.25, 0.3) is 11.8 Å². The molecule has 10 nitrogen and oxygen atoms in total. The van der Waals surface area contributed by atoms with Gasteiger partial charge < -0.3 is 31.5 Å². The maximum Gasteiger partial charge on any atom is 0.254 e. The number of aliphatic hydroxyl groups is 2. The highest BCUT2D eigenvalue weighted by Crippen LogP contribution is 2.25. The van der Waals surface area contributed by atoms with Crippen molar-refractivity contribution in [2.45, 2.75) is 83.0 Å². The summed E-state index contributed by atoms with van der Waals surface area (Å²) < 4.78 is 0. The fraction of sp³-hybridized carbons (Fsp3) is 0.511. The van der Waals surface area contributed by atoms with Gasteiger partial charge in [0, 0.05) is 94.3 Å². The topological polar surface area (TPSA) is 140 Å². The quantitative estimate of drug-likeness (QED) is 0.128. The van der Waals surface area contributed by atoms with Crippen LogP contribution in [0.1, 0.15) is 79.5 Å². The summed E-state index contributed by atoms with van der Waals surface area (Å²) in [6.45, 7) is 10.5. The Morgan fingerprint density at radius 2 is 1.07 bits per heavy atom. The molecule has 4 atom stereocenters. The van der Waals surface area contributed by atoms with Gasteiger partial charge in [-0.2, -0.15) is 0 Å². The van der Waals surface area contributed by atoms with Crippen molar-refractivity contribution < 1.29 is 19.8 Å². The molecule has 2 aliphatic rings. The lowest BCUT2D eigenvalue weighted by Gasteiger charge is -2.42. The van der Waals surface area contributed by atoms with Crippen LogP contribution in [0.3, 0.4) is 0 Å². The number of nitrogens with two attached hydrogens (primary N) is 2. The molecule has 2 heterocycles. The van der Waals surface area contributed by atoms with Crippen LogP contribution in [0.25, 0.3) is 21.5 Å². The fourth-order valence-corrected chi connectivity index (χ4v) is 8.14. The van der Waals surface area contributed by atoms with Crippen LogP contribution in [-0.4, -0.2) is 131 Å². The third-order valence-electron chi connectivity index (χ3n) is 11.3. The number of fused-ring (bicyclic) bond motifs is 2. The van der Waals surface area contributed by atoms with E-state index in [4.69, 9.17) is 16.6 Å². The van der Waals surface area contributed by atoms with E-state index in [1.165, 1.54) is 0 Å². The fourth-order valence-electron chi connectivity index (χ4n) is 8.14. The van der Waals surface area contributed by atoms with Gasteiger partial charge in [-0.3, -0.25) is 19.4 Å². The largest absolute Gasteiger partial charge is 0.396 e. The van der Waals surface area contributed by atoms with Crippen molar-refractivity contribution in [3.8, 4) is 0 Å². The minimum absolute atomic E-state index is 0.00432. The predicted molar refractivity (Wildman–Crippen MR) is 224 cm³/mol. The van der Waals surface area contributed by atoms with E-state index in [1.54, 1.807) is 0 Å². The first-order valence-corrected chi connectivity index (χ1v) is 20.5. The summed E-state index contributed by atoms with van der Waals surface area (Å²) in [5, 5.41) is 22.7. The molecule has 6 rings (SSSR count). The molecule has 0 aliphatic carbocycles. The van der Waals surface area contributed by atoms with E-state index in [1.807, 2.05) is 82.6 Å². The lowest BCUT2D eigenvalue weighted by molar-refractivity contribution is 0.0420. The third kappa shape index (κ3) is 11.3. The number of piperazine rings is 2. The van der Waals surface area contributed by atoms with Crippen molar-refractivity contribution in [3.05, 3.63) is 96.1 Å². The minimum atomic E-state index is -0.227. The van der Waals surface area contributed by atoms with E-state index in [2.05, 4.69) is 35.8 Å². The molecule has 4 aromatic carbocycles. The summed E-state index contributed by atoms with van der Waals surface area (Å²) >= 11 is 0. The maximum atomic E-state index is 13.3. The summed E-state index contributed by atoms with van der Waals surface area (Å²) in [6, 6.07) is 28.4. The normalized spacial score (nSPS) is 19.2. The van der Waals surface area contributed by atoms with Crippen LogP contribution in [-0.2, 0) is 0 Å². The van der Waals surface area contributed by atoms with E-state index in [0.717, 1.165) is 110 Å². The second-order valence-electron chi connectivity index (χ2n) is 15.4. The smallest absolute Gasteiger partial charge is 0.254 e. The lowest BCUT2D eigenvalue weighted by Crippen LogP contribution is -2.57. The Kier molecular flexibility index (Phi) is 16.4. The Balaban J connectivity index is 0.000000211. The van der Waals surface area contributed by atoms with Crippen LogP contribution in [0.15, 0.2) is 84.9 Å². The van der Waals surface area contributed by atoms with Crippen LogP contribution in [0.5, 0.6) is 0 Å². The first kappa shape index (κ1) is 42.2. The summed E-state index contributed by atoms with van der Waals surface area (Å²) in [5.41, 5.74) is 13.7. The monoisotopic (exact) mass is 752 g/mol. The molecule has 6 N–H and O–H groups in total. The molecule has 10 heteroatoms. The highest BCUT2D eigenvalue weighted by molar-refractivity contribution is 6.08. The molecule has 4 aromatic rings. The minimum Gasteiger partial charge on any atom is -0.396 e. The number of benzene rings is 4. The number of carbonyl (C=O) groups is 2. The Morgan fingerprint density at radius 1 is 0.636 bits per heavy atom. The van der Waals surface area contributed by atoms with E-state index < -0.39 is 0 Å². The Morgan fingerprint density at radius 3 is 1.51 bits per heavy atom. The average molecular weight is 753 g/mol. The van der Waals surface area contributed by atoms with Gasteiger partial charge in [-0.1, -0.05) is 112 Å². The van der Waals surface area contributed by atoms with Gasteiger partial charge in [-0.05, 0) is 52.9 Å². The summed E-state index contributed by atoms with van der Waals surface area (Å²) in [5.74, 6) is 0.233. The summed E-state index contributed by atoms with van der Waals surface area (Å²) in [7, 11) is 0. The number of aliphatic hydroxyl groups excluding tert-OH is 2. The van der Waals surface area contributed by atoms with Crippen LogP contribution in [0.2, 0.25) is 0 Å². The number of rotatable bonds is 15. The molecule has 2 saturated heterocycles. The Labute approximate surface area is 328 Å². The van der Waals surface area contributed by atoms with Gasteiger partial charge in [0.1, 0.15) is 0 Å². The summed E-state index contributed by atoms with van der Waals surface area (Å²) in [4.78, 5) is 35.3. The molecule has 4 unspecified atom stereocenters. The van der Waals surface area contributed by atoms with Crippen LogP contribution < -0.4 is 11.5 Å². The van der Waals surface area contributed by atoms with Crippen molar-refractivity contribution in [1.82, 2.24) is 19.6 Å². The molecule has 0 saturated carbocycles. The Bertz CT molecular complexity index is 1790. The first-order chi connectivity index (χ1) is 26.8. The molecule has 298 valence electrons. The molecular formula is C45H64N6O4. The van der Waals surface area contributed by atoms with E-state index in [-0.39, 0.29) is 37.1 Å². The van der Waals surface area contributed by atoms with Crippen molar-refractivity contribution in [2.24, 2.45) is 11.5 Å². The maximum absolute atomic E-state index is 13.3. The molecule has 0 bridgehead atoms. The molecule has 2 fully saturated rings. The van der Waals surface area contributed by atoms with Crippen molar-refractivity contribution in [2.75, 3.05) is 65.6 Å². The van der Waals surface area contributed by atoms with Crippen LogP contribution in [0.4, 0.5) is 0 Å². The van der Waals surface area contributed by atoms with E-state index >= 15 is 0 Å². The van der Waals surface area contributed by atoms with E-state index in [0.29, 0.717) is 31.6 Å². The number of hydrogen-bond acceptors (Lipinski definition) is 8. The number of unbranched alkanes of at least 4 members (excludes halogenated alkanes) is 2. The number of nitrogens with zero attached hydrogens (tertiary/aromatic N) is 4. The van der Waals surface area contributed by atoms with Gasteiger partial charge in [0.15, 0.2) is 0 Å². The highest BCUT2D eigenvalue weighted by atomic mass is 16.3. The van der Waals surface area contributed by atoms with E-state index in [9.17, 15) is 14.7 Å². The van der Waals surface area contributed by atoms with Gasteiger partial charge in [-0.25, -0.2) is 0 Å². The molecule has 2 amide bonds. The zero-order valence-corrected chi connectivity index (χ0v) is 33.1. The molecule has 0 spiro atoms. The van der Waals surface area contributed by atoms with Gasteiger partial charge in [0.2, 0.25) is 0 Å². The van der Waals surface area contributed by atoms with Crippen molar-refractivity contribution in [1.29, 1.82) is 0 Å². The predicted octanol–water partition coefficient (Wildman–Crippen LogP) is 5.34. The van der Waals surface area contributed by atoms with Gasteiger partial charge in [0.05, 0.1) is 6.61 Å².